The molecule has 0 spiro atoms. The number of rotatable bonds is 5. The molecule has 5 N–H and O–H groups in total. The van der Waals surface area contributed by atoms with E-state index in [2.05, 4.69) is 13.8 Å². The van der Waals surface area contributed by atoms with Crippen molar-refractivity contribution < 1.29 is 5.11 Å². The third kappa shape index (κ3) is 9.96. The van der Waals surface area contributed by atoms with Crippen LogP contribution in [0.2, 0.25) is 0 Å². The molecule has 88 valence electrons. The summed E-state index contributed by atoms with van der Waals surface area (Å²) in [5, 5.41) is 7.57. The van der Waals surface area contributed by atoms with E-state index in [9.17, 15) is 0 Å². The van der Waals surface area contributed by atoms with E-state index >= 15 is 0 Å². The molecule has 1 atom stereocenters. The Balaban J connectivity index is 0. The van der Waals surface area contributed by atoms with Gasteiger partial charge in [-0.1, -0.05) is 13.8 Å². The molecule has 3 heteroatoms. The van der Waals surface area contributed by atoms with Crippen molar-refractivity contribution in [3.05, 3.63) is 0 Å². The molecule has 0 heterocycles. The second kappa shape index (κ2) is 9.44. The van der Waals surface area contributed by atoms with Gasteiger partial charge in [0, 0.05) is 18.2 Å². The topological polar surface area (TPSA) is 72.3 Å². The second-order valence-electron chi connectivity index (χ2n) is 3.90. The van der Waals surface area contributed by atoms with Gasteiger partial charge in [-0.15, -0.1) is 0 Å². The molecule has 0 aliphatic heterocycles. The smallest absolute Gasteiger partial charge is 0.0402 e. The van der Waals surface area contributed by atoms with Gasteiger partial charge in [0.1, 0.15) is 0 Å². The summed E-state index contributed by atoms with van der Waals surface area (Å²) in [6, 6.07) is 0.288. The van der Waals surface area contributed by atoms with Gasteiger partial charge in [-0.3, -0.25) is 0 Å². The van der Waals surface area contributed by atoms with Crippen LogP contribution >= 0.6 is 0 Å². The van der Waals surface area contributed by atoms with Crippen molar-refractivity contribution in [3.63, 3.8) is 0 Å². The maximum Gasteiger partial charge on any atom is 0.0402 e. The van der Waals surface area contributed by atoms with Crippen LogP contribution in [0, 0.1) is 0 Å². The van der Waals surface area contributed by atoms with E-state index in [-0.39, 0.29) is 18.2 Å². The zero-order valence-electron chi connectivity index (χ0n) is 10.2. The molecule has 0 saturated heterocycles. The van der Waals surface area contributed by atoms with Crippen molar-refractivity contribution in [1.82, 2.24) is 0 Å². The average Bonchev–Trinajstić information content (AvgIpc) is 2.15. The molecule has 0 aromatic rings. The molecule has 0 bridgehead atoms. The first-order valence-corrected chi connectivity index (χ1v) is 5.61. The third-order valence-corrected chi connectivity index (χ3v) is 2.51. The van der Waals surface area contributed by atoms with Crippen molar-refractivity contribution in [1.29, 1.82) is 0 Å². The van der Waals surface area contributed by atoms with Gasteiger partial charge in [0.2, 0.25) is 0 Å². The molecule has 0 amide bonds. The Morgan fingerprint density at radius 1 is 1.21 bits per heavy atom. The molecule has 0 aromatic carbocycles. The SMILES string of the molecule is CCC(N)(CC)CCC(C)N.CCO. The summed E-state index contributed by atoms with van der Waals surface area (Å²) in [5.74, 6) is 0. The van der Waals surface area contributed by atoms with Crippen LogP contribution in [-0.2, 0) is 0 Å². The Bertz CT molecular complexity index is 112. The Morgan fingerprint density at radius 2 is 1.57 bits per heavy atom. The van der Waals surface area contributed by atoms with Crippen LogP contribution in [0.4, 0.5) is 0 Å². The standard InChI is InChI=1S/C9H22N2.C2H6O/c1-4-9(11,5-2)7-6-8(3)10;1-2-3/h8H,4-7,10-11H2,1-3H3;3H,2H2,1H3. The van der Waals surface area contributed by atoms with Crippen molar-refractivity contribution in [2.75, 3.05) is 6.61 Å². The summed E-state index contributed by atoms with van der Waals surface area (Å²) in [6.45, 7) is 8.25. The molecule has 3 nitrogen and oxygen atoms in total. The van der Waals surface area contributed by atoms with Gasteiger partial charge in [0.05, 0.1) is 0 Å². The largest absolute Gasteiger partial charge is 0.397 e. The Hall–Kier alpha value is -0.120. The van der Waals surface area contributed by atoms with Crippen molar-refractivity contribution in [3.8, 4) is 0 Å². The fourth-order valence-corrected chi connectivity index (χ4v) is 1.12. The number of nitrogens with two attached hydrogens (primary N) is 2. The highest BCUT2D eigenvalue weighted by Crippen LogP contribution is 2.18. The zero-order chi connectivity index (χ0) is 11.6. The van der Waals surface area contributed by atoms with Crippen LogP contribution in [0.25, 0.3) is 0 Å². The average molecular weight is 204 g/mol. The molecule has 0 saturated carbocycles. The van der Waals surface area contributed by atoms with Gasteiger partial charge < -0.3 is 16.6 Å². The first-order valence-electron chi connectivity index (χ1n) is 5.61. The van der Waals surface area contributed by atoms with Crippen LogP contribution in [0.1, 0.15) is 53.4 Å². The highest BCUT2D eigenvalue weighted by molar-refractivity contribution is 4.81. The van der Waals surface area contributed by atoms with Crippen LogP contribution in [0.15, 0.2) is 0 Å². The van der Waals surface area contributed by atoms with Gasteiger partial charge in [-0.2, -0.15) is 0 Å². The monoisotopic (exact) mass is 204 g/mol. The van der Waals surface area contributed by atoms with E-state index in [1.807, 2.05) is 6.92 Å². The summed E-state index contributed by atoms with van der Waals surface area (Å²) < 4.78 is 0. The maximum atomic E-state index is 7.57. The first kappa shape index (κ1) is 16.3. The first-order chi connectivity index (χ1) is 6.45. The van der Waals surface area contributed by atoms with Crippen LogP contribution < -0.4 is 11.5 Å². The highest BCUT2D eigenvalue weighted by atomic mass is 16.2. The minimum atomic E-state index is 0.0353. The number of hydrogen-bond donors (Lipinski definition) is 3. The fourth-order valence-electron chi connectivity index (χ4n) is 1.12. The lowest BCUT2D eigenvalue weighted by molar-refractivity contribution is 0.318. The zero-order valence-corrected chi connectivity index (χ0v) is 10.2. The van der Waals surface area contributed by atoms with Gasteiger partial charge in [-0.25, -0.2) is 0 Å². The van der Waals surface area contributed by atoms with E-state index in [0.29, 0.717) is 0 Å². The van der Waals surface area contributed by atoms with E-state index < -0.39 is 0 Å². The molecule has 0 radical (unpaired) electrons. The third-order valence-electron chi connectivity index (χ3n) is 2.51. The second-order valence-corrected chi connectivity index (χ2v) is 3.90. The predicted molar refractivity (Wildman–Crippen MR) is 63.1 cm³/mol. The molecular formula is C11H28N2O. The lowest BCUT2D eigenvalue weighted by atomic mass is 9.88. The van der Waals surface area contributed by atoms with Crippen LogP contribution in [0.3, 0.4) is 0 Å². The molecule has 0 rings (SSSR count). The number of aliphatic hydroxyl groups excluding tert-OH is 1. The lowest BCUT2D eigenvalue weighted by Crippen LogP contribution is -2.39. The summed E-state index contributed by atoms with van der Waals surface area (Å²) >= 11 is 0. The molecule has 0 fully saturated rings. The van der Waals surface area contributed by atoms with Gasteiger partial charge >= 0.3 is 0 Å². The van der Waals surface area contributed by atoms with Gasteiger partial charge in [-0.05, 0) is 39.5 Å². The quantitative estimate of drug-likeness (QED) is 0.637. The van der Waals surface area contributed by atoms with Crippen LogP contribution in [0.5, 0.6) is 0 Å². The number of aliphatic hydroxyl groups is 1. The summed E-state index contributed by atoms with van der Waals surface area (Å²) in [5.41, 5.74) is 11.8. The predicted octanol–water partition coefficient (Wildman–Crippen LogP) is 1.63. The number of hydrogen-bond acceptors (Lipinski definition) is 3. The molecule has 1 unspecified atom stereocenters. The fraction of sp³-hybridized carbons (Fsp3) is 1.00. The summed E-state index contributed by atoms with van der Waals surface area (Å²) in [4.78, 5) is 0. The molecular weight excluding hydrogens is 176 g/mol. The Morgan fingerprint density at radius 3 is 1.79 bits per heavy atom. The minimum absolute atomic E-state index is 0.0353. The van der Waals surface area contributed by atoms with Crippen molar-refractivity contribution >= 4 is 0 Å². The lowest BCUT2D eigenvalue weighted by Gasteiger charge is -2.27. The van der Waals surface area contributed by atoms with Crippen molar-refractivity contribution in [2.24, 2.45) is 11.5 Å². The Labute approximate surface area is 88.9 Å². The van der Waals surface area contributed by atoms with Crippen LogP contribution in [-0.4, -0.2) is 23.3 Å². The summed E-state index contributed by atoms with van der Waals surface area (Å²) in [6.07, 6.45) is 4.20. The van der Waals surface area contributed by atoms with E-state index in [0.717, 1.165) is 25.7 Å². The molecule has 0 aromatic heterocycles. The van der Waals surface area contributed by atoms with E-state index in [4.69, 9.17) is 16.6 Å². The highest BCUT2D eigenvalue weighted by Gasteiger charge is 2.19. The molecule has 0 aliphatic carbocycles. The van der Waals surface area contributed by atoms with Gasteiger partial charge in [0.15, 0.2) is 0 Å². The Kier molecular flexibility index (Phi) is 11.0. The van der Waals surface area contributed by atoms with Gasteiger partial charge in [0.25, 0.3) is 0 Å². The minimum Gasteiger partial charge on any atom is -0.397 e. The molecule has 0 aliphatic rings. The molecule has 14 heavy (non-hydrogen) atoms. The van der Waals surface area contributed by atoms with E-state index in [1.165, 1.54) is 0 Å². The normalized spacial score (nSPS) is 13.1. The summed E-state index contributed by atoms with van der Waals surface area (Å²) in [7, 11) is 0. The maximum absolute atomic E-state index is 7.57. The van der Waals surface area contributed by atoms with Crippen molar-refractivity contribution in [2.45, 2.75) is 65.0 Å². The van der Waals surface area contributed by atoms with E-state index in [1.54, 1.807) is 6.92 Å².